The molecule has 11 heteroatoms. The fourth-order valence-electron chi connectivity index (χ4n) is 4.83. The Morgan fingerprint density at radius 2 is 1.85 bits per heavy atom. The summed E-state index contributed by atoms with van der Waals surface area (Å²) in [6.45, 7) is 7.85. The Bertz CT molecular complexity index is 1570. The number of nitrogens with one attached hydrogen (secondary N) is 1. The highest BCUT2D eigenvalue weighted by molar-refractivity contribution is 7.15. The molecule has 0 amide bonds. The third-order valence-electron chi connectivity index (χ3n) is 7.02. The van der Waals surface area contributed by atoms with Gasteiger partial charge in [0.15, 0.2) is 0 Å². The van der Waals surface area contributed by atoms with Crippen molar-refractivity contribution in [3.8, 4) is 10.6 Å². The number of alkyl halides is 3. The van der Waals surface area contributed by atoms with Gasteiger partial charge in [0.1, 0.15) is 16.6 Å². The molecule has 5 rings (SSSR count). The van der Waals surface area contributed by atoms with Gasteiger partial charge in [-0.25, -0.2) is 19.7 Å². The minimum Gasteiger partial charge on any atom is -0.465 e. The fourth-order valence-corrected chi connectivity index (χ4v) is 5.94. The zero-order chi connectivity index (χ0) is 29.9. The van der Waals surface area contributed by atoms with Gasteiger partial charge in [-0.05, 0) is 85.7 Å². The average molecular weight is 584 g/mol. The van der Waals surface area contributed by atoms with Crippen molar-refractivity contribution >= 4 is 28.9 Å². The lowest BCUT2D eigenvalue weighted by Gasteiger charge is -2.34. The number of nitrogens with zero attached hydrogens (tertiary/aromatic N) is 3. The number of carbonyl (C=O) groups excluding carboxylic acids is 1. The Labute approximate surface area is 241 Å². The quantitative estimate of drug-likeness (QED) is 0.237. The number of ether oxygens (including phenoxy) is 1. The topological polar surface area (TPSA) is 103 Å². The summed E-state index contributed by atoms with van der Waals surface area (Å²) in [7, 11) is 1.35. The van der Waals surface area contributed by atoms with Gasteiger partial charge in [-0.15, -0.1) is 11.3 Å². The SMILES string of the molecule is CC.COC(=O)c1ccc2c(c1)CCCC2(N)c1ncc(-c2nc(Nc3cc(C(F)(F)F)ccn3)cc(C)c2C)s1. The predicted molar refractivity (Wildman–Crippen MR) is 154 cm³/mol. The molecule has 1 aromatic carbocycles. The number of rotatable bonds is 5. The lowest BCUT2D eigenvalue weighted by Crippen LogP contribution is -2.41. The first-order chi connectivity index (χ1) is 19.5. The minimum atomic E-state index is -4.48. The Morgan fingerprint density at radius 1 is 1.10 bits per heavy atom. The van der Waals surface area contributed by atoms with E-state index in [2.05, 4.69) is 15.3 Å². The van der Waals surface area contributed by atoms with Crippen LogP contribution in [0.1, 0.15) is 69.9 Å². The standard InChI is InChI=1S/C28H26F3N5O2S.C2H6/c1-15-11-23(35-22-13-19(8-10-33-22)28(29,30)31)36-24(16(15)2)21-14-34-26(39-21)27(32)9-4-5-17-12-18(25(37)38-3)6-7-20(17)27;1-2/h6-8,10-14H,4-5,9,32H2,1-3H3,(H,33,35,36);1-2H3. The lowest BCUT2D eigenvalue weighted by molar-refractivity contribution is -0.137. The normalized spacial score (nSPS) is 16.3. The highest BCUT2D eigenvalue weighted by Gasteiger charge is 2.38. The van der Waals surface area contributed by atoms with Crippen LogP contribution in [0.5, 0.6) is 0 Å². The molecule has 0 aliphatic heterocycles. The number of pyridine rings is 2. The molecule has 0 fully saturated rings. The second kappa shape index (κ2) is 12.0. The number of hydrogen-bond acceptors (Lipinski definition) is 8. The summed E-state index contributed by atoms with van der Waals surface area (Å²) in [4.78, 5) is 26.2. The van der Waals surface area contributed by atoms with Crippen LogP contribution in [0, 0.1) is 13.8 Å². The summed E-state index contributed by atoms with van der Waals surface area (Å²) in [5.74, 6) is 0.0199. The average Bonchev–Trinajstić information content (AvgIpc) is 3.46. The number of nitrogens with two attached hydrogens (primary N) is 1. The maximum Gasteiger partial charge on any atom is 0.416 e. The molecular weight excluding hydrogens is 551 g/mol. The molecule has 7 nitrogen and oxygen atoms in total. The van der Waals surface area contributed by atoms with Gasteiger partial charge in [-0.3, -0.25) is 0 Å². The van der Waals surface area contributed by atoms with Crippen molar-refractivity contribution < 1.29 is 22.7 Å². The van der Waals surface area contributed by atoms with Crippen molar-refractivity contribution in [1.29, 1.82) is 0 Å². The molecule has 0 spiro atoms. The lowest BCUT2D eigenvalue weighted by atomic mass is 9.77. The molecule has 3 heterocycles. The van der Waals surface area contributed by atoms with E-state index in [0.29, 0.717) is 23.5 Å². The maximum atomic E-state index is 13.2. The summed E-state index contributed by atoms with van der Waals surface area (Å²) in [6, 6.07) is 9.07. The molecule has 0 saturated carbocycles. The number of thiazole rings is 1. The number of halogens is 3. The van der Waals surface area contributed by atoms with Crippen LogP contribution in [-0.2, 0) is 22.9 Å². The van der Waals surface area contributed by atoms with Crippen LogP contribution >= 0.6 is 11.3 Å². The van der Waals surface area contributed by atoms with Crippen LogP contribution in [0.25, 0.3) is 10.6 Å². The summed E-state index contributed by atoms with van der Waals surface area (Å²) < 4.78 is 44.3. The van der Waals surface area contributed by atoms with E-state index >= 15 is 0 Å². The molecular formula is C30H32F3N5O2S. The molecule has 216 valence electrons. The van der Waals surface area contributed by atoms with E-state index in [9.17, 15) is 18.0 Å². The predicted octanol–water partition coefficient (Wildman–Crippen LogP) is 7.33. The molecule has 0 saturated heterocycles. The Balaban J connectivity index is 0.00000189. The van der Waals surface area contributed by atoms with Crippen molar-refractivity contribution in [1.82, 2.24) is 15.0 Å². The van der Waals surface area contributed by atoms with Crippen LogP contribution in [0.3, 0.4) is 0 Å². The summed E-state index contributed by atoms with van der Waals surface area (Å²) in [5.41, 5.74) is 10.3. The van der Waals surface area contributed by atoms with E-state index < -0.39 is 23.2 Å². The molecule has 1 atom stereocenters. The molecule has 4 aromatic rings. The zero-order valence-electron chi connectivity index (χ0n) is 23.5. The highest BCUT2D eigenvalue weighted by Crippen LogP contribution is 2.42. The molecule has 41 heavy (non-hydrogen) atoms. The number of esters is 1. The number of aromatic nitrogens is 3. The summed E-state index contributed by atoms with van der Waals surface area (Å²) in [5, 5.41) is 3.63. The van der Waals surface area contributed by atoms with E-state index in [4.69, 9.17) is 15.5 Å². The van der Waals surface area contributed by atoms with Crippen LogP contribution in [0.4, 0.5) is 24.8 Å². The van der Waals surface area contributed by atoms with E-state index in [1.54, 1.807) is 18.3 Å². The van der Waals surface area contributed by atoms with Gasteiger partial charge in [0.05, 0.1) is 34.3 Å². The number of carbonyl (C=O) groups is 1. The molecule has 0 bridgehead atoms. The van der Waals surface area contributed by atoms with Crippen LogP contribution < -0.4 is 11.1 Å². The first-order valence-corrected chi connectivity index (χ1v) is 14.1. The monoisotopic (exact) mass is 583 g/mol. The number of hydrogen-bond donors (Lipinski definition) is 2. The number of methoxy groups -OCH3 is 1. The summed E-state index contributed by atoms with van der Waals surface area (Å²) in [6.07, 6.45) is 0.694. The fraction of sp³-hybridized carbons (Fsp3) is 0.333. The first-order valence-electron chi connectivity index (χ1n) is 13.3. The van der Waals surface area contributed by atoms with Crippen molar-refractivity contribution in [3.05, 3.63) is 87.2 Å². The molecule has 1 unspecified atom stereocenters. The van der Waals surface area contributed by atoms with Gasteiger partial charge in [0, 0.05) is 12.4 Å². The van der Waals surface area contributed by atoms with Crippen molar-refractivity contribution in [3.63, 3.8) is 0 Å². The number of aryl methyl sites for hydroxylation is 2. The van der Waals surface area contributed by atoms with Gasteiger partial charge in [-0.2, -0.15) is 13.2 Å². The smallest absolute Gasteiger partial charge is 0.416 e. The van der Waals surface area contributed by atoms with Gasteiger partial charge in [0.25, 0.3) is 0 Å². The Kier molecular flexibility index (Phi) is 8.79. The third kappa shape index (κ3) is 6.11. The van der Waals surface area contributed by atoms with Gasteiger partial charge in [0.2, 0.25) is 0 Å². The van der Waals surface area contributed by atoms with Gasteiger partial charge in [-0.1, -0.05) is 19.9 Å². The van der Waals surface area contributed by atoms with Gasteiger partial charge < -0.3 is 15.8 Å². The Morgan fingerprint density at radius 3 is 2.56 bits per heavy atom. The first kappa shape index (κ1) is 30.1. The number of benzene rings is 1. The van der Waals surface area contributed by atoms with E-state index in [-0.39, 0.29) is 5.82 Å². The van der Waals surface area contributed by atoms with E-state index in [1.165, 1.54) is 18.4 Å². The Hall–Kier alpha value is -3.83. The van der Waals surface area contributed by atoms with Crippen molar-refractivity contribution in [2.75, 3.05) is 12.4 Å². The molecule has 1 aliphatic rings. The van der Waals surface area contributed by atoms with Crippen molar-refractivity contribution in [2.45, 2.75) is 58.7 Å². The van der Waals surface area contributed by atoms with E-state index in [1.807, 2.05) is 39.8 Å². The maximum absolute atomic E-state index is 13.2. The second-order valence-corrected chi connectivity index (χ2v) is 10.6. The number of fused-ring (bicyclic) bond motifs is 1. The second-order valence-electron chi connectivity index (χ2n) is 9.57. The van der Waals surface area contributed by atoms with Crippen LogP contribution in [-0.4, -0.2) is 28.0 Å². The zero-order valence-corrected chi connectivity index (χ0v) is 24.3. The highest BCUT2D eigenvalue weighted by atomic mass is 32.1. The third-order valence-corrected chi connectivity index (χ3v) is 8.20. The molecule has 1 aliphatic carbocycles. The minimum absolute atomic E-state index is 0.0440. The molecule has 3 N–H and O–H groups in total. The molecule has 0 radical (unpaired) electrons. The number of anilines is 2. The van der Waals surface area contributed by atoms with Crippen molar-refractivity contribution in [2.24, 2.45) is 5.73 Å². The molecule has 3 aromatic heterocycles. The summed E-state index contributed by atoms with van der Waals surface area (Å²) >= 11 is 1.43. The van der Waals surface area contributed by atoms with Gasteiger partial charge >= 0.3 is 12.1 Å². The van der Waals surface area contributed by atoms with Crippen LogP contribution in [0.2, 0.25) is 0 Å². The largest absolute Gasteiger partial charge is 0.465 e. The van der Waals surface area contributed by atoms with E-state index in [0.717, 1.165) is 63.3 Å². The van der Waals surface area contributed by atoms with Crippen LogP contribution in [0.15, 0.2) is 48.8 Å².